The van der Waals surface area contributed by atoms with Crippen molar-refractivity contribution in [3.05, 3.63) is 83.9 Å². The van der Waals surface area contributed by atoms with Gasteiger partial charge in [-0.2, -0.15) is 0 Å². The number of carbonyl (C=O) groups is 3. The number of ether oxygens (including phenoxy) is 3. The van der Waals surface area contributed by atoms with Gasteiger partial charge in [0.15, 0.2) is 6.61 Å². The van der Waals surface area contributed by atoms with E-state index < -0.39 is 18.5 Å². The molecular formula is C24H22N2O6. The standard InChI is InChI=1S/C24H22N2O6/c1-30-18-12-16(13-19(14-18)31-2)24(29)32-15-22(27)26-21-11-7-6-10-20(21)23(28)25-17-8-4-3-5-9-17/h3-14H,15H2,1-2H3,(H,25,28)(H,26,27). The quantitative estimate of drug-likeness (QED) is 0.524. The smallest absolute Gasteiger partial charge is 0.338 e. The summed E-state index contributed by atoms with van der Waals surface area (Å²) in [6.45, 7) is -0.535. The number of anilines is 2. The lowest BCUT2D eigenvalue weighted by atomic mass is 10.1. The average Bonchev–Trinajstić information content (AvgIpc) is 2.83. The van der Waals surface area contributed by atoms with Crippen molar-refractivity contribution >= 4 is 29.2 Å². The van der Waals surface area contributed by atoms with Crippen LogP contribution in [0.5, 0.6) is 11.5 Å². The highest BCUT2D eigenvalue weighted by Gasteiger charge is 2.16. The fourth-order valence-electron chi connectivity index (χ4n) is 2.84. The molecule has 164 valence electrons. The molecule has 0 aromatic heterocycles. The van der Waals surface area contributed by atoms with Crippen LogP contribution >= 0.6 is 0 Å². The van der Waals surface area contributed by atoms with E-state index in [1.54, 1.807) is 54.6 Å². The van der Waals surface area contributed by atoms with Crippen LogP contribution < -0.4 is 20.1 Å². The zero-order valence-corrected chi connectivity index (χ0v) is 17.6. The zero-order chi connectivity index (χ0) is 22.9. The number of hydrogen-bond donors (Lipinski definition) is 2. The lowest BCUT2D eigenvalue weighted by Gasteiger charge is -2.12. The molecule has 0 saturated heterocycles. The molecule has 0 unspecified atom stereocenters. The highest BCUT2D eigenvalue weighted by Crippen LogP contribution is 2.23. The molecule has 0 fully saturated rings. The second-order valence-electron chi connectivity index (χ2n) is 6.59. The van der Waals surface area contributed by atoms with Crippen molar-refractivity contribution in [1.29, 1.82) is 0 Å². The van der Waals surface area contributed by atoms with E-state index in [-0.39, 0.29) is 17.0 Å². The molecule has 0 aliphatic carbocycles. The Labute approximate surface area is 185 Å². The van der Waals surface area contributed by atoms with E-state index in [0.29, 0.717) is 22.9 Å². The summed E-state index contributed by atoms with van der Waals surface area (Å²) in [6, 6.07) is 20.1. The summed E-state index contributed by atoms with van der Waals surface area (Å²) in [5.41, 5.74) is 1.37. The number of carbonyl (C=O) groups excluding carboxylic acids is 3. The fourth-order valence-corrected chi connectivity index (χ4v) is 2.84. The Hall–Kier alpha value is -4.33. The third-order valence-electron chi connectivity index (χ3n) is 4.40. The summed E-state index contributed by atoms with van der Waals surface area (Å²) >= 11 is 0. The van der Waals surface area contributed by atoms with Gasteiger partial charge in [-0.25, -0.2) is 4.79 Å². The van der Waals surface area contributed by atoms with Gasteiger partial charge in [-0.3, -0.25) is 9.59 Å². The highest BCUT2D eigenvalue weighted by molar-refractivity contribution is 6.10. The molecule has 3 aromatic rings. The number of hydrogen-bond acceptors (Lipinski definition) is 6. The molecule has 0 bridgehead atoms. The summed E-state index contributed by atoms with van der Waals surface area (Å²) in [5, 5.41) is 5.37. The summed E-state index contributed by atoms with van der Waals surface area (Å²) in [4.78, 5) is 37.3. The second-order valence-corrected chi connectivity index (χ2v) is 6.59. The normalized spacial score (nSPS) is 10.1. The number of amides is 2. The molecule has 0 atom stereocenters. The predicted octanol–water partition coefficient (Wildman–Crippen LogP) is 3.75. The number of nitrogens with one attached hydrogen (secondary N) is 2. The van der Waals surface area contributed by atoms with Gasteiger partial charge >= 0.3 is 5.97 Å². The second kappa shape index (κ2) is 10.6. The van der Waals surface area contributed by atoms with Crippen LogP contribution in [0.2, 0.25) is 0 Å². The van der Waals surface area contributed by atoms with Crippen molar-refractivity contribution < 1.29 is 28.6 Å². The molecule has 8 nitrogen and oxygen atoms in total. The molecular weight excluding hydrogens is 412 g/mol. The maximum absolute atomic E-state index is 12.6. The van der Waals surface area contributed by atoms with Gasteiger partial charge in [-0.05, 0) is 36.4 Å². The maximum Gasteiger partial charge on any atom is 0.338 e. The van der Waals surface area contributed by atoms with Gasteiger partial charge < -0.3 is 24.8 Å². The molecule has 2 amide bonds. The summed E-state index contributed by atoms with van der Waals surface area (Å²) < 4.78 is 15.3. The largest absolute Gasteiger partial charge is 0.497 e. The monoisotopic (exact) mass is 434 g/mol. The third-order valence-corrected chi connectivity index (χ3v) is 4.40. The van der Waals surface area contributed by atoms with Crippen LogP contribution in [0, 0.1) is 0 Å². The van der Waals surface area contributed by atoms with Crippen molar-refractivity contribution in [3.63, 3.8) is 0 Å². The number of methoxy groups -OCH3 is 2. The lowest BCUT2D eigenvalue weighted by Crippen LogP contribution is -2.23. The summed E-state index contributed by atoms with van der Waals surface area (Å²) in [6.07, 6.45) is 0. The van der Waals surface area contributed by atoms with E-state index in [2.05, 4.69) is 10.6 Å². The molecule has 0 radical (unpaired) electrons. The summed E-state index contributed by atoms with van der Waals surface area (Å²) in [7, 11) is 2.92. The van der Waals surface area contributed by atoms with Gasteiger partial charge in [-0.1, -0.05) is 30.3 Å². The first-order valence-electron chi connectivity index (χ1n) is 9.65. The van der Waals surface area contributed by atoms with Crippen LogP contribution in [0.4, 0.5) is 11.4 Å². The van der Waals surface area contributed by atoms with Crippen molar-refractivity contribution in [2.75, 3.05) is 31.5 Å². The van der Waals surface area contributed by atoms with Crippen molar-refractivity contribution in [2.24, 2.45) is 0 Å². The van der Waals surface area contributed by atoms with Crippen molar-refractivity contribution in [1.82, 2.24) is 0 Å². The van der Waals surface area contributed by atoms with Crippen LogP contribution in [0.3, 0.4) is 0 Å². The van der Waals surface area contributed by atoms with Crippen LogP contribution in [-0.2, 0) is 9.53 Å². The van der Waals surface area contributed by atoms with E-state index >= 15 is 0 Å². The predicted molar refractivity (Wildman–Crippen MR) is 119 cm³/mol. The Morgan fingerprint density at radius 3 is 2.06 bits per heavy atom. The molecule has 0 aliphatic heterocycles. The maximum atomic E-state index is 12.6. The molecule has 3 aromatic carbocycles. The highest BCUT2D eigenvalue weighted by atomic mass is 16.5. The average molecular weight is 434 g/mol. The fraction of sp³-hybridized carbons (Fsp3) is 0.125. The van der Waals surface area contributed by atoms with Gasteiger partial charge in [0.25, 0.3) is 11.8 Å². The molecule has 3 rings (SSSR count). The van der Waals surface area contributed by atoms with Gasteiger partial charge in [0.2, 0.25) is 0 Å². The summed E-state index contributed by atoms with van der Waals surface area (Å²) in [5.74, 6) is -0.855. The Morgan fingerprint density at radius 1 is 0.781 bits per heavy atom. The van der Waals surface area contributed by atoms with E-state index in [0.717, 1.165) is 0 Å². The number of benzene rings is 3. The first-order chi connectivity index (χ1) is 15.5. The topological polar surface area (TPSA) is 103 Å². The van der Waals surface area contributed by atoms with E-state index in [1.165, 1.54) is 26.4 Å². The minimum atomic E-state index is -0.715. The molecule has 0 saturated carbocycles. The molecule has 0 spiro atoms. The SMILES string of the molecule is COc1cc(OC)cc(C(=O)OCC(=O)Nc2ccccc2C(=O)Nc2ccccc2)c1. The number of para-hydroxylation sites is 2. The number of rotatable bonds is 8. The van der Waals surface area contributed by atoms with E-state index in [4.69, 9.17) is 14.2 Å². The van der Waals surface area contributed by atoms with Crippen LogP contribution in [0.15, 0.2) is 72.8 Å². The van der Waals surface area contributed by atoms with Gasteiger partial charge in [0.05, 0.1) is 31.0 Å². The number of esters is 1. The Balaban J connectivity index is 1.63. The van der Waals surface area contributed by atoms with E-state index in [1.807, 2.05) is 6.07 Å². The molecule has 8 heteroatoms. The molecule has 32 heavy (non-hydrogen) atoms. The van der Waals surface area contributed by atoms with Gasteiger partial charge in [0, 0.05) is 11.8 Å². The van der Waals surface area contributed by atoms with E-state index in [9.17, 15) is 14.4 Å². The minimum absolute atomic E-state index is 0.177. The van der Waals surface area contributed by atoms with Crippen molar-refractivity contribution in [3.8, 4) is 11.5 Å². The first-order valence-corrected chi connectivity index (χ1v) is 9.65. The van der Waals surface area contributed by atoms with Crippen LogP contribution in [0.1, 0.15) is 20.7 Å². The van der Waals surface area contributed by atoms with Crippen molar-refractivity contribution in [2.45, 2.75) is 0 Å². The Bertz CT molecular complexity index is 1090. The van der Waals surface area contributed by atoms with Crippen LogP contribution in [-0.4, -0.2) is 38.6 Å². The molecule has 0 aliphatic rings. The lowest BCUT2D eigenvalue weighted by molar-refractivity contribution is -0.119. The van der Waals surface area contributed by atoms with Gasteiger partial charge in [-0.15, -0.1) is 0 Å². The minimum Gasteiger partial charge on any atom is -0.497 e. The first kappa shape index (κ1) is 22.4. The third kappa shape index (κ3) is 5.85. The molecule has 2 N–H and O–H groups in total. The zero-order valence-electron chi connectivity index (χ0n) is 17.6. The molecule has 0 heterocycles. The van der Waals surface area contributed by atoms with Gasteiger partial charge in [0.1, 0.15) is 11.5 Å². The Morgan fingerprint density at radius 2 is 1.41 bits per heavy atom. The van der Waals surface area contributed by atoms with Crippen LogP contribution in [0.25, 0.3) is 0 Å². The Kier molecular flexibility index (Phi) is 7.42.